The first kappa shape index (κ1) is 14.5. The topological polar surface area (TPSA) is 66.4 Å². The molecule has 2 atom stereocenters. The summed E-state index contributed by atoms with van der Waals surface area (Å²) >= 11 is 6.70. The predicted octanol–water partition coefficient (Wildman–Crippen LogP) is 3.65. The van der Waals surface area contributed by atoms with Gasteiger partial charge in [-0.3, -0.25) is 9.59 Å². The van der Waals surface area contributed by atoms with Crippen LogP contribution in [0, 0.1) is 11.8 Å². The van der Waals surface area contributed by atoms with Gasteiger partial charge in [0.15, 0.2) is 0 Å². The second kappa shape index (κ2) is 6.05. The molecule has 1 aliphatic carbocycles. The highest BCUT2D eigenvalue weighted by Gasteiger charge is 2.37. The zero-order valence-corrected chi connectivity index (χ0v) is 13.2. The van der Waals surface area contributed by atoms with Gasteiger partial charge in [-0.2, -0.15) is 0 Å². The number of hydrogen-bond acceptors (Lipinski definition) is 2. The summed E-state index contributed by atoms with van der Waals surface area (Å²) in [5, 5.41) is 11.9. The van der Waals surface area contributed by atoms with Gasteiger partial charge in [0.2, 0.25) is 5.91 Å². The van der Waals surface area contributed by atoms with Crippen molar-refractivity contribution in [2.75, 3.05) is 5.32 Å². The third-order valence-electron chi connectivity index (χ3n) is 3.36. The van der Waals surface area contributed by atoms with Gasteiger partial charge in [-0.1, -0.05) is 22.4 Å². The van der Waals surface area contributed by atoms with Gasteiger partial charge in [0.1, 0.15) is 0 Å². The highest BCUT2D eigenvalue weighted by atomic mass is 79.9. The van der Waals surface area contributed by atoms with E-state index in [0.29, 0.717) is 18.5 Å². The number of carbonyl (C=O) groups is 2. The van der Waals surface area contributed by atoms with Crippen molar-refractivity contribution in [3.05, 3.63) is 27.1 Å². The van der Waals surface area contributed by atoms with Gasteiger partial charge < -0.3 is 10.4 Å². The van der Waals surface area contributed by atoms with E-state index >= 15 is 0 Å². The number of anilines is 1. The minimum atomic E-state index is -0.883. The SMILES string of the molecule is O=C(O)[C@H]1CCC[C@H]1C(=O)Nc1cc(Br)ccc1Br. The molecule has 0 radical (unpaired) electrons. The summed E-state index contributed by atoms with van der Waals surface area (Å²) in [5.74, 6) is -2.11. The molecule has 4 nitrogen and oxygen atoms in total. The number of carboxylic acid groups (broad SMARTS) is 1. The Hall–Kier alpha value is -0.880. The molecule has 19 heavy (non-hydrogen) atoms. The Kier molecular flexibility index (Phi) is 4.62. The molecule has 1 saturated carbocycles. The van der Waals surface area contributed by atoms with E-state index in [1.165, 1.54) is 0 Å². The average Bonchev–Trinajstić information content (AvgIpc) is 2.83. The fourth-order valence-electron chi connectivity index (χ4n) is 2.39. The summed E-state index contributed by atoms with van der Waals surface area (Å²) in [6, 6.07) is 5.46. The van der Waals surface area contributed by atoms with Crippen LogP contribution in [0.5, 0.6) is 0 Å². The lowest BCUT2D eigenvalue weighted by molar-refractivity contribution is -0.145. The summed E-state index contributed by atoms with van der Waals surface area (Å²) < 4.78 is 1.63. The summed E-state index contributed by atoms with van der Waals surface area (Å²) in [7, 11) is 0. The Bertz CT molecular complexity index is 519. The Labute approximate surface area is 127 Å². The molecular weight excluding hydrogens is 378 g/mol. The van der Waals surface area contributed by atoms with Gasteiger partial charge in [0.25, 0.3) is 0 Å². The van der Waals surface area contributed by atoms with Crippen LogP contribution in [0.25, 0.3) is 0 Å². The normalized spacial score (nSPS) is 22.2. The van der Waals surface area contributed by atoms with Gasteiger partial charge in [-0.05, 0) is 47.0 Å². The Balaban J connectivity index is 2.12. The largest absolute Gasteiger partial charge is 0.481 e. The van der Waals surface area contributed by atoms with Gasteiger partial charge in [0, 0.05) is 8.95 Å². The molecule has 1 aliphatic rings. The van der Waals surface area contributed by atoms with Crippen LogP contribution in [0.2, 0.25) is 0 Å². The Morgan fingerprint density at radius 3 is 2.58 bits per heavy atom. The van der Waals surface area contributed by atoms with Crippen LogP contribution in [-0.4, -0.2) is 17.0 Å². The molecule has 2 rings (SSSR count). The highest BCUT2D eigenvalue weighted by molar-refractivity contribution is 9.11. The zero-order valence-electron chi connectivity index (χ0n) is 10.0. The lowest BCUT2D eigenvalue weighted by Gasteiger charge is -2.16. The molecule has 2 N–H and O–H groups in total. The molecular formula is C13H13Br2NO3. The number of halogens is 2. The maximum absolute atomic E-state index is 12.2. The molecule has 0 saturated heterocycles. The first-order valence-electron chi connectivity index (χ1n) is 5.98. The van der Waals surface area contributed by atoms with E-state index in [4.69, 9.17) is 5.11 Å². The number of carbonyl (C=O) groups excluding carboxylic acids is 1. The van der Waals surface area contributed by atoms with E-state index in [-0.39, 0.29) is 5.91 Å². The van der Waals surface area contributed by atoms with Crippen molar-refractivity contribution in [2.24, 2.45) is 11.8 Å². The van der Waals surface area contributed by atoms with E-state index in [1.54, 1.807) is 6.07 Å². The number of nitrogens with one attached hydrogen (secondary N) is 1. The van der Waals surface area contributed by atoms with Crippen molar-refractivity contribution < 1.29 is 14.7 Å². The number of aliphatic carboxylic acids is 1. The summed E-state index contributed by atoms with van der Waals surface area (Å²) in [5.41, 5.74) is 0.649. The first-order chi connectivity index (χ1) is 8.99. The summed E-state index contributed by atoms with van der Waals surface area (Å²) in [4.78, 5) is 23.3. The fourth-order valence-corrected chi connectivity index (χ4v) is 3.09. The monoisotopic (exact) mass is 389 g/mol. The van der Waals surface area contributed by atoms with Crippen molar-refractivity contribution in [3.8, 4) is 0 Å². The summed E-state index contributed by atoms with van der Waals surface area (Å²) in [6.45, 7) is 0. The van der Waals surface area contributed by atoms with Crippen molar-refractivity contribution in [3.63, 3.8) is 0 Å². The van der Waals surface area contributed by atoms with E-state index in [1.807, 2.05) is 12.1 Å². The smallest absolute Gasteiger partial charge is 0.307 e. The third-order valence-corrected chi connectivity index (χ3v) is 4.54. The number of amides is 1. The minimum Gasteiger partial charge on any atom is -0.481 e. The number of carboxylic acids is 1. The Morgan fingerprint density at radius 2 is 1.89 bits per heavy atom. The number of hydrogen-bond donors (Lipinski definition) is 2. The second-order valence-corrected chi connectivity index (χ2v) is 6.37. The van der Waals surface area contributed by atoms with Gasteiger partial charge >= 0.3 is 5.97 Å². The quantitative estimate of drug-likeness (QED) is 0.827. The van der Waals surface area contributed by atoms with Gasteiger partial charge in [-0.25, -0.2) is 0 Å². The standard InChI is InChI=1S/C13H13Br2NO3/c14-7-4-5-10(15)11(6-7)16-12(17)8-2-1-3-9(8)13(18)19/h4-6,8-9H,1-3H2,(H,16,17)(H,18,19)/t8-,9+/m1/s1. The maximum atomic E-state index is 12.2. The molecule has 0 spiro atoms. The van der Waals surface area contributed by atoms with E-state index in [2.05, 4.69) is 37.2 Å². The first-order valence-corrected chi connectivity index (χ1v) is 7.56. The zero-order chi connectivity index (χ0) is 14.0. The molecule has 1 aromatic carbocycles. The fraction of sp³-hybridized carbons (Fsp3) is 0.385. The van der Waals surface area contributed by atoms with E-state index < -0.39 is 17.8 Å². The van der Waals surface area contributed by atoms with Crippen LogP contribution in [-0.2, 0) is 9.59 Å². The molecule has 1 aromatic rings. The van der Waals surface area contributed by atoms with Crippen LogP contribution in [0.4, 0.5) is 5.69 Å². The van der Waals surface area contributed by atoms with Crippen molar-refractivity contribution in [2.45, 2.75) is 19.3 Å². The van der Waals surface area contributed by atoms with Crippen LogP contribution in [0.3, 0.4) is 0 Å². The minimum absolute atomic E-state index is 0.219. The lowest BCUT2D eigenvalue weighted by atomic mass is 9.95. The molecule has 6 heteroatoms. The number of rotatable bonds is 3. The molecule has 1 amide bonds. The predicted molar refractivity (Wildman–Crippen MR) is 78.9 cm³/mol. The lowest BCUT2D eigenvalue weighted by Crippen LogP contribution is -2.30. The van der Waals surface area contributed by atoms with Gasteiger partial charge in [-0.15, -0.1) is 0 Å². The molecule has 0 heterocycles. The molecule has 1 fully saturated rings. The Morgan fingerprint density at radius 1 is 1.21 bits per heavy atom. The molecule has 0 aromatic heterocycles. The van der Waals surface area contributed by atoms with Gasteiger partial charge in [0.05, 0.1) is 17.5 Å². The van der Waals surface area contributed by atoms with Crippen molar-refractivity contribution in [1.82, 2.24) is 0 Å². The van der Waals surface area contributed by atoms with E-state index in [9.17, 15) is 9.59 Å². The summed E-state index contributed by atoms with van der Waals surface area (Å²) in [6.07, 6.45) is 2.00. The number of benzene rings is 1. The second-order valence-electron chi connectivity index (χ2n) is 4.60. The molecule has 0 unspecified atom stereocenters. The molecule has 0 bridgehead atoms. The van der Waals surface area contributed by atoms with Crippen LogP contribution >= 0.6 is 31.9 Å². The van der Waals surface area contributed by atoms with Crippen LogP contribution in [0.15, 0.2) is 27.1 Å². The third kappa shape index (κ3) is 3.36. The van der Waals surface area contributed by atoms with Crippen molar-refractivity contribution in [1.29, 1.82) is 0 Å². The average molecular weight is 391 g/mol. The highest BCUT2D eigenvalue weighted by Crippen LogP contribution is 2.34. The molecule has 102 valence electrons. The molecule has 0 aliphatic heterocycles. The van der Waals surface area contributed by atoms with Crippen LogP contribution < -0.4 is 5.32 Å². The van der Waals surface area contributed by atoms with Crippen molar-refractivity contribution >= 4 is 49.4 Å². The van der Waals surface area contributed by atoms with Crippen LogP contribution in [0.1, 0.15) is 19.3 Å². The van der Waals surface area contributed by atoms with E-state index in [0.717, 1.165) is 15.4 Å². The maximum Gasteiger partial charge on any atom is 0.307 e.